The number of fused-ring (bicyclic) bond motifs is 1. The van der Waals surface area contributed by atoms with Crippen molar-refractivity contribution in [3.8, 4) is 11.8 Å². The van der Waals surface area contributed by atoms with E-state index in [2.05, 4.69) is 46.5 Å². The van der Waals surface area contributed by atoms with Crippen molar-refractivity contribution in [3.63, 3.8) is 0 Å². The second-order valence-corrected chi connectivity index (χ2v) is 12.9. The number of rotatable bonds is 5. The molecular weight excluding hydrogens is 488 g/mol. The minimum absolute atomic E-state index is 0.114. The van der Waals surface area contributed by atoms with Crippen LogP contribution in [0, 0.1) is 22.7 Å². The molecule has 0 aromatic heterocycles. The molecule has 2 N–H and O–H groups in total. The van der Waals surface area contributed by atoms with Gasteiger partial charge in [-0.15, -0.1) is 0 Å². The Hall–Kier alpha value is -2.91. The minimum Gasteiger partial charge on any atom is -0.423 e. The lowest BCUT2D eigenvalue weighted by atomic mass is 9.63. The molecule has 0 bridgehead atoms. The van der Waals surface area contributed by atoms with E-state index in [-0.39, 0.29) is 29.0 Å². The Bertz CT molecular complexity index is 1300. The summed E-state index contributed by atoms with van der Waals surface area (Å²) in [4.78, 5) is 12.4. The molecule has 0 aromatic carbocycles. The summed E-state index contributed by atoms with van der Waals surface area (Å²) in [6.45, 7) is 14.5. The van der Waals surface area contributed by atoms with Crippen molar-refractivity contribution in [3.05, 3.63) is 82.7 Å². The Kier molecular flexibility index (Phi) is 7.89. The number of carbonyl (C=O) groups excluding carboxylic acids is 1. The van der Waals surface area contributed by atoms with Gasteiger partial charge in [0.1, 0.15) is 17.0 Å². The van der Waals surface area contributed by atoms with Crippen LogP contribution in [0.15, 0.2) is 82.7 Å². The molecule has 5 heteroatoms. The van der Waals surface area contributed by atoms with E-state index in [4.69, 9.17) is 9.47 Å². The highest BCUT2D eigenvalue weighted by molar-refractivity contribution is 5.95. The molecule has 4 aliphatic rings. The fraction of sp³-hybridized carbons (Fsp3) is 0.500. The van der Waals surface area contributed by atoms with Crippen LogP contribution in [0.25, 0.3) is 0 Å². The van der Waals surface area contributed by atoms with Crippen LogP contribution in [0.5, 0.6) is 0 Å². The molecule has 208 valence electrons. The Morgan fingerprint density at radius 1 is 1.03 bits per heavy atom. The van der Waals surface area contributed by atoms with Crippen LogP contribution in [0.1, 0.15) is 74.1 Å². The molecule has 2 aliphatic heterocycles. The third-order valence-corrected chi connectivity index (χ3v) is 8.46. The first kappa shape index (κ1) is 29.1. The number of epoxide rings is 1. The summed E-state index contributed by atoms with van der Waals surface area (Å²) >= 11 is 0. The van der Waals surface area contributed by atoms with Gasteiger partial charge < -0.3 is 19.7 Å². The Morgan fingerprint density at radius 3 is 2.44 bits per heavy atom. The molecule has 4 atom stereocenters. The monoisotopic (exact) mass is 530 g/mol. The number of allylic oxidation sites excluding steroid dienone is 9. The predicted octanol–water partition coefficient (Wildman–Crippen LogP) is 6.18. The predicted molar refractivity (Wildman–Crippen MR) is 154 cm³/mol. The number of ether oxygens (including phenoxy) is 2. The highest BCUT2D eigenvalue weighted by Crippen LogP contribution is 2.66. The molecule has 0 amide bonds. The van der Waals surface area contributed by atoms with Gasteiger partial charge in [-0.2, -0.15) is 0 Å². The van der Waals surface area contributed by atoms with Crippen LogP contribution < -0.4 is 0 Å². The van der Waals surface area contributed by atoms with E-state index in [0.29, 0.717) is 30.6 Å². The highest BCUT2D eigenvalue weighted by Gasteiger charge is 2.74. The van der Waals surface area contributed by atoms with E-state index in [0.717, 1.165) is 17.6 Å². The van der Waals surface area contributed by atoms with Crippen LogP contribution in [-0.4, -0.2) is 39.6 Å². The molecule has 39 heavy (non-hydrogen) atoms. The summed E-state index contributed by atoms with van der Waals surface area (Å²) in [5.74, 6) is 6.68. The molecule has 5 nitrogen and oxygen atoms in total. The fourth-order valence-corrected chi connectivity index (χ4v) is 6.64. The van der Waals surface area contributed by atoms with Gasteiger partial charge in [-0.25, -0.2) is 4.79 Å². The number of cyclic esters (lactones) is 1. The SMILES string of the molecule is CC(C#CC1=C(C)CC(O)CC1(C)C)=C/C=C/C=C/C=C1/C=C(C=CC23OC2(C)CC(O)CC3(C)C)C(=O)O1. The van der Waals surface area contributed by atoms with E-state index in [1.807, 2.05) is 50.3 Å². The van der Waals surface area contributed by atoms with Crippen LogP contribution in [0.3, 0.4) is 0 Å². The quantitative estimate of drug-likeness (QED) is 0.192. The molecule has 1 saturated carbocycles. The van der Waals surface area contributed by atoms with Gasteiger partial charge in [0.05, 0.1) is 17.8 Å². The minimum atomic E-state index is -0.488. The first-order valence-corrected chi connectivity index (χ1v) is 13.8. The maximum Gasteiger partial charge on any atom is 0.343 e. The molecule has 2 fully saturated rings. The normalized spacial score (nSPS) is 34.9. The lowest BCUT2D eigenvalue weighted by Crippen LogP contribution is -2.46. The Morgan fingerprint density at radius 2 is 1.74 bits per heavy atom. The third kappa shape index (κ3) is 5.99. The van der Waals surface area contributed by atoms with Crippen molar-refractivity contribution < 1.29 is 24.5 Å². The molecule has 0 radical (unpaired) electrons. The summed E-state index contributed by atoms with van der Waals surface area (Å²) < 4.78 is 11.6. The van der Waals surface area contributed by atoms with E-state index in [1.54, 1.807) is 18.2 Å². The zero-order valence-electron chi connectivity index (χ0n) is 24.3. The molecule has 2 heterocycles. The first-order chi connectivity index (χ1) is 18.2. The van der Waals surface area contributed by atoms with Crippen LogP contribution in [-0.2, 0) is 14.3 Å². The molecule has 2 aliphatic carbocycles. The van der Waals surface area contributed by atoms with Crippen LogP contribution in [0.2, 0.25) is 0 Å². The van der Waals surface area contributed by atoms with Crippen molar-refractivity contribution in [2.45, 2.75) is 97.6 Å². The number of hydrogen-bond acceptors (Lipinski definition) is 5. The average Bonchev–Trinajstić information content (AvgIpc) is 3.26. The van der Waals surface area contributed by atoms with Crippen molar-refractivity contribution >= 4 is 5.97 Å². The number of aliphatic hydroxyl groups excluding tert-OH is 2. The largest absolute Gasteiger partial charge is 0.423 e. The number of carbonyl (C=O) groups is 1. The highest BCUT2D eigenvalue weighted by atomic mass is 16.6. The second kappa shape index (κ2) is 10.6. The van der Waals surface area contributed by atoms with Gasteiger partial charge in [-0.05, 0) is 69.9 Å². The number of aliphatic hydroxyl groups is 2. The summed E-state index contributed by atoms with van der Waals surface area (Å²) in [5.41, 5.74) is 2.48. The zero-order valence-corrected chi connectivity index (χ0v) is 24.3. The summed E-state index contributed by atoms with van der Waals surface area (Å²) in [7, 11) is 0. The van der Waals surface area contributed by atoms with Crippen LogP contribution in [0.4, 0.5) is 0 Å². The molecule has 0 spiro atoms. The van der Waals surface area contributed by atoms with Gasteiger partial charge in [0.25, 0.3) is 0 Å². The number of hydrogen-bond donors (Lipinski definition) is 2. The Balaban J connectivity index is 1.36. The molecule has 1 saturated heterocycles. The lowest BCUT2D eigenvalue weighted by molar-refractivity contribution is -0.132. The molecule has 4 rings (SSSR count). The average molecular weight is 531 g/mol. The van der Waals surface area contributed by atoms with Gasteiger partial charge in [-0.1, -0.05) is 75.5 Å². The van der Waals surface area contributed by atoms with E-state index in [9.17, 15) is 15.0 Å². The summed E-state index contributed by atoms with van der Waals surface area (Å²) in [6, 6.07) is 0. The topological polar surface area (TPSA) is 79.3 Å². The van der Waals surface area contributed by atoms with E-state index >= 15 is 0 Å². The summed E-state index contributed by atoms with van der Waals surface area (Å²) in [6.07, 6.45) is 18.7. The van der Waals surface area contributed by atoms with Crippen molar-refractivity contribution in [2.24, 2.45) is 10.8 Å². The van der Waals surface area contributed by atoms with Crippen molar-refractivity contribution in [1.82, 2.24) is 0 Å². The fourth-order valence-electron chi connectivity index (χ4n) is 6.64. The number of esters is 1. The third-order valence-electron chi connectivity index (χ3n) is 8.46. The van der Waals surface area contributed by atoms with Gasteiger partial charge in [0.15, 0.2) is 0 Å². The molecule has 0 aromatic rings. The van der Waals surface area contributed by atoms with E-state index < -0.39 is 11.2 Å². The van der Waals surface area contributed by atoms with Gasteiger partial charge in [0, 0.05) is 22.8 Å². The molecule has 4 unspecified atom stereocenters. The van der Waals surface area contributed by atoms with Gasteiger partial charge in [-0.3, -0.25) is 0 Å². The van der Waals surface area contributed by atoms with Crippen molar-refractivity contribution in [2.75, 3.05) is 0 Å². The summed E-state index contributed by atoms with van der Waals surface area (Å²) in [5, 5.41) is 20.3. The van der Waals surface area contributed by atoms with Gasteiger partial charge in [0.2, 0.25) is 0 Å². The first-order valence-electron chi connectivity index (χ1n) is 13.8. The lowest BCUT2D eigenvalue weighted by Gasteiger charge is -2.39. The van der Waals surface area contributed by atoms with E-state index in [1.165, 1.54) is 5.57 Å². The second-order valence-electron chi connectivity index (χ2n) is 12.9. The Labute approximate surface area is 233 Å². The maximum atomic E-state index is 12.4. The molecular formula is C34H42O5. The van der Waals surface area contributed by atoms with Crippen molar-refractivity contribution in [1.29, 1.82) is 0 Å². The van der Waals surface area contributed by atoms with Crippen LogP contribution >= 0.6 is 0 Å². The van der Waals surface area contributed by atoms with Gasteiger partial charge >= 0.3 is 5.97 Å². The smallest absolute Gasteiger partial charge is 0.343 e. The zero-order chi connectivity index (χ0) is 28.6. The maximum absolute atomic E-state index is 12.4. The standard InChI is InChI=1S/C34H42O5/c1-23(14-15-29-24(2)18-26(35)20-31(29,3)4)12-10-8-9-11-13-28-19-25(30(37)38-28)16-17-34-32(5,6)21-27(36)22-33(34,7)39-34/h8-13,16-17,19,26-27,35-36H,18,20-22H2,1-7H3/b10-8+,11-9+,17-16?,23-12?,28-13-.